The van der Waals surface area contributed by atoms with Crippen molar-refractivity contribution in [2.24, 2.45) is 11.7 Å². The van der Waals surface area contributed by atoms with E-state index in [0.29, 0.717) is 6.54 Å². The van der Waals surface area contributed by atoms with E-state index in [1.807, 2.05) is 4.90 Å². The van der Waals surface area contributed by atoms with Crippen molar-refractivity contribution in [2.45, 2.75) is 45.6 Å². The largest absolute Gasteiger partial charge is 0.353 e. The molecule has 5 heteroatoms. The van der Waals surface area contributed by atoms with Gasteiger partial charge >= 0.3 is 0 Å². The molecule has 1 rings (SSSR count). The van der Waals surface area contributed by atoms with Gasteiger partial charge in [-0.1, -0.05) is 13.3 Å². The summed E-state index contributed by atoms with van der Waals surface area (Å²) in [7, 11) is 0. The molecule has 0 aromatic heterocycles. The summed E-state index contributed by atoms with van der Waals surface area (Å²) in [5.41, 5.74) is 5.66. The van der Waals surface area contributed by atoms with E-state index in [1.165, 1.54) is 6.92 Å². The number of carbonyl (C=O) groups is 2. The van der Waals surface area contributed by atoms with Gasteiger partial charge in [-0.3, -0.25) is 9.59 Å². The summed E-state index contributed by atoms with van der Waals surface area (Å²) >= 11 is 0. The number of hydrogen-bond acceptors (Lipinski definition) is 3. The summed E-state index contributed by atoms with van der Waals surface area (Å²) in [6, 6.07) is 0.217. The second kappa shape index (κ2) is 7.36. The highest BCUT2D eigenvalue weighted by atomic mass is 16.2. The lowest BCUT2D eigenvalue weighted by Crippen LogP contribution is -2.48. The van der Waals surface area contributed by atoms with E-state index in [2.05, 4.69) is 12.2 Å². The van der Waals surface area contributed by atoms with Gasteiger partial charge in [0.15, 0.2) is 0 Å². The van der Waals surface area contributed by atoms with Gasteiger partial charge in [0.2, 0.25) is 11.8 Å². The molecular formula is C13H25N3O2. The number of nitrogens with zero attached hydrogens (tertiary/aromatic N) is 1. The Balaban J connectivity index is 2.41. The van der Waals surface area contributed by atoms with Crippen LogP contribution in [0.4, 0.5) is 0 Å². The summed E-state index contributed by atoms with van der Waals surface area (Å²) in [5.74, 6) is 0.151. The first-order valence-corrected chi connectivity index (χ1v) is 6.84. The highest BCUT2D eigenvalue weighted by Crippen LogP contribution is 2.15. The molecule has 0 bridgehead atoms. The number of rotatable bonds is 5. The summed E-state index contributed by atoms with van der Waals surface area (Å²) in [4.78, 5) is 25.1. The van der Waals surface area contributed by atoms with E-state index >= 15 is 0 Å². The highest BCUT2D eigenvalue weighted by molar-refractivity contribution is 5.79. The van der Waals surface area contributed by atoms with Crippen molar-refractivity contribution in [2.75, 3.05) is 19.6 Å². The lowest BCUT2D eigenvalue weighted by atomic mass is 9.99. The molecule has 1 aliphatic rings. The van der Waals surface area contributed by atoms with Gasteiger partial charge in [-0.2, -0.15) is 0 Å². The van der Waals surface area contributed by atoms with Crippen molar-refractivity contribution in [1.82, 2.24) is 10.2 Å². The number of amides is 2. The van der Waals surface area contributed by atoms with Gasteiger partial charge in [0.05, 0.1) is 5.92 Å². The quantitative estimate of drug-likeness (QED) is 0.750. The van der Waals surface area contributed by atoms with Crippen LogP contribution in [0.1, 0.15) is 39.5 Å². The Labute approximate surface area is 109 Å². The maximum absolute atomic E-state index is 12.2. The van der Waals surface area contributed by atoms with Crippen LogP contribution in [0.25, 0.3) is 0 Å². The first-order valence-electron chi connectivity index (χ1n) is 6.84. The Kier molecular flexibility index (Phi) is 6.12. The minimum absolute atomic E-state index is 0.00518. The van der Waals surface area contributed by atoms with Gasteiger partial charge in [0, 0.05) is 32.6 Å². The molecule has 1 heterocycles. The van der Waals surface area contributed by atoms with E-state index in [1.54, 1.807) is 0 Å². The van der Waals surface area contributed by atoms with Crippen LogP contribution in [0.15, 0.2) is 0 Å². The SMILES string of the molecule is CCCC(CN)C(=O)N1CCC(NC(C)=O)CC1. The van der Waals surface area contributed by atoms with Crippen molar-refractivity contribution in [1.29, 1.82) is 0 Å². The third-order valence-corrected chi connectivity index (χ3v) is 3.48. The minimum atomic E-state index is -0.0349. The van der Waals surface area contributed by atoms with Gasteiger partial charge < -0.3 is 16.0 Å². The summed E-state index contributed by atoms with van der Waals surface area (Å²) in [5, 5.41) is 2.91. The molecule has 1 atom stereocenters. The molecule has 0 aromatic rings. The Morgan fingerprint density at radius 1 is 1.39 bits per heavy atom. The number of nitrogens with two attached hydrogens (primary N) is 1. The maximum Gasteiger partial charge on any atom is 0.226 e. The van der Waals surface area contributed by atoms with Crippen molar-refractivity contribution in [3.63, 3.8) is 0 Å². The van der Waals surface area contributed by atoms with Gasteiger partial charge in [0.1, 0.15) is 0 Å². The van der Waals surface area contributed by atoms with Crippen LogP contribution >= 0.6 is 0 Å². The zero-order valence-corrected chi connectivity index (χ0v) is 11.4. The standard InChI is InChI=1S/C13H25N3O2/c1-3-4-11(9-14)13(18)16-7-5-12(6-8-16)15-10(2)17/h11-12H,3-9,14H2,1-2H3,(H,15,17). The predicted molar refractivity (Wildman–Crippen MR) is 70.9 cm³/mol. The van der Waals surface area contributed by atoms with Crippen LogP contribution in [-0.2, 0) is 9.59 Å². The molecule has 0 saturated carbocycles. The zero-order chi connectivity index (χ0) is 13.5. The van der Waals surface area contributed by atoms with E-state index in [-0.39, 0.29) is 23.8 Å². The first-order chi connectivity index (χ1) is 8.58. The Bertz CT molecular complexity index is 286. The third-order valence-electron chi connectivity index (χ3n) is 3.48. The van der Waals surface area contributed by atoms with Crippen LogP contribution < -0.4 is 11.1 Å². The van der Waals surface area contributed by atoms with E-state index in [9.17, 15) is 9.59 Å². The molecule has 3 N–H and O–H groups in total. The molecule has 5 nitrogen and oxygen atoms in total. The predicted octanol–water partition coefficient (Wildman–Crippen LogP) is 0.489. The number of piperidine rings is 1. The molecule has 1 fully saturated rings. The lowest BCUT2D eigenvalue weighted by Gasteiger charge is -2.34. The fraction of sp³-hybridized carbons (Fsp3) is 0.846. The van der Waals surface area contributed by atoms with Gasteiger partial charge in [-0.15, -0.1) is 0 Å². The van der Waals surface area contributed by atoms with Crippen LogP contribution in [0.3, 0.4) is 0 Å². The van der Waals surface area contributed by atoms with E-state index in [4.69, 9.17) is 5.73 Å². The molecule has 104 valence electrons. The summed E-state index contributed by atoms with van der Waals surface area (Å²) in [6.07, 6.45) is 3.53. The second-order valence-electron chi connectivity index (χ2n) is 5.02. The van der Waals surface area contributed by atoms with Gasteiger partial charge in [-0.05, 0) is 19.3 Å². The Morgan fingerprint density at radius 2 is 2.00 bits per heavy atom. The number of carbonyl (C=O) groups excluding carboxylic acids is 2. The molecular weight excluding hydrogens is 230 g/mol. The molecule has 1 saturated heterocycles. The van der Waals surface area contributed by atoms with Gasteiger partial charge in [0.25, 0.3) is 0 Å². The molecule has 1 aliphatic heterocycles. The number of likely N-dealkylation sites (tertiary alicyclic amines) is 1. The molecule has 1 unspecified atom stereocenters. The fourth-order valence-electron chi connectivity index (χ4n) is 2.48. The first kappa shape index (κ1) is 15.0. The highest BCUT2D eigenvalue weighted by Gasteiger charge is 2.27. The average molecular weight is 255 g/mol. The number of hydrogen-bond donors (Lipinski definition) is 2. The van der Waals surface area contributed by atoms with Crippen molar-refractivity contribution in [3.8, 4) is 0 Å². The van der Waals surface area contributed by atoms with Gasteiger partial charge in [-0.25, -0.2) is 0 Å². The average Bonchev–Trinajstić information content (AvgIpc) is 2.35. The fourth-order valence-corrected chi connectivity index (χ4v) is 2.48. The summed E-state index contributed by atoms with van der Waals surface area (Å²) < 4.78 is 0. The van der Waals surface area contributed by atoms with Crippen LogP contribution in [0.2, 0.25) is 0 Å². The molecule has 0 radical (unpaired) electrons. The number of nitrogens with one attached hydrogen (secondary N) is 1. The lowest BCUT2D eigenvalue weighted by molar-refractivity contribution is -0.136. The van der Waals surface area contributed by atoms with Crippen molar-refractivity contribution in [3.05, 3.63) is 0 Å². The van der Waals surface area contributed by atoms with Crippen LogP contribution in [0.5, 0.6) is 0 Å². The normalized spacial score (nSPS) is 18.5. The molecule has 2 amide bonds. The minimum Gasteiger partial charge on any atom is -0.353 e. The smallest absolute Gasteiger partial charge is 0.226 e. The molecule has 0 spiro atoms. The molecule has 0 aliphatic carbocycles. The van der Waals surface area contributed by atoms with E-state index < -0.39 is 0 Å². The van der Waals surface area contributed by atoms with Crippen LogP contribution in [-0.4, -0.2) is 42.4 Å². The Morgan fingerprint density at radius 3 is 2.44 bits per heavy atom. The molecule has 0 aromatic carbocycles. The van der Waals surface area contributed by atoms with Crippen molar-refractivity contribution < 1.29 is 9.59 Å². The van der Waals surface area contributed by atoms with Crippen LogP contribution in [0, 0.1) is 5.92 Å². The summed E-state index contributed by atoms with van der Waals surface area (Å²) in [6.45, 7) is 5.48. The third kappa shape index (κ3) is 4.29. The Hall–Kier alpha value is -1.10. The second-order valence-corrected chi connectivity index (χ2v) is 5.02. The topological polar surface area (TPSA) is 75.4 Å². The molecule has 18 heavy (non-hydrogen) atoms. The zero-order valence-electron chi connectivity index (χ0n) is 11.4. The monoisotopic (exact) mass is 255 g/mol. The van der Waals surface area contributed by atoms with E-state index in [0.717, 1.165) is 38.8 Å². The van der Waals surface area contributed by atoms with Crippen molar-refractivity contribution >= 4 is 11.8 Å². The maximum atomic E-state index is 12.2.